The van der Waals surface area contributed by atoms with E-state index in [1.54, 1.807) is 18.6 Å². The number of anilines is 2. The molecule has 0 atom stereocenters. The van der Waals surface area contributed by atoms with Gasteiger partial charge >= 0.3 is 0 Å². The van der Waals surface area contributed by atoms with Crippen molar-refractivity contribution in [3.8, 4) is 22.5 Å². The van der Waals surface area contributed by atoms with Gasteiger partial charge in [0.2, 0.25) is 5.91 Å². The number of fused-ring (bicyclic) bond motifs is 2. The highest BCUT2D eigenvalue weighted by atomic mass is 16.1. The van der Waals surface area contributed by atoms with Gasteiger partial charge in [0.1, 0.15) is 11.5 Å². The normalized spacial score (nSPS) is 14.5. The summed E-state index contributed by atoms with van der Waals surface area (Å²) in [7, 11) is 2.15. The summed E-state index contributed by atoms with van der Waals surface area (Å²) in [6.07, 6.45) is 8.35. The van der Waals surface area contributed by atoms with Crippen LogP contribution in [-0.4, -0.2) is 74.2 Å². The van der Waals surface area contributed by atoms with E-state index in [2.05, 4.69) is 59.4 Å². The molecule has 0 aliphatic carbocycles. The first-order chi connectivity index (χ1) is 18.1. The molecule has 0 spiro atoms. The van der Waals surface area contributed by atoms with Crippen molar-refractivity contribution < 1.29 is 4.79 Å². The van der Waals surface area contributed by atoms with Crippen molar-refractivity contribution in [3.05, 3.63) is 49.1 Å². The van der Waals surface area contributed by atoms with Crippen LogP contribution in [0.2, 0.25) is 0 Å². The number of amides is 1. The summed E-state index contributed by atoms with van der Waals surface area (Å²) in [6.45, 7) is 5.92. The fourth-order valence-electron chi connectivity index (χ4n) is 4.82. The van der Waals surface area contributed by atoms with Crippen molar-refractivity contribution >= 4 is 39.3 Å². The lowest BCUT2D eigenvalue weighted by atomic mass is 10.1. The molecular weight excluding hydrogens is 466 g/mol. The van der Waals surface area contributed by atoms with Crippen LogP contribution in [0.25, 0.3) is 44.5 Å². The number of nitrogens with zero attached hydrogens (tertiary/aromatic N) is 6. The summed E-state index contributed by atoms with van der Waals surface area (Å²) in [5, 5.41) is 12.6. The molecule has 3 N–H and O–H groups in total. The minimum atomic E-state index is -0.0172. The van der Waals surface area contributed by atoms with Gasteiger partial charge < -0.3 is 20.1 Å². The Balaban J connectivity index is 1.35. The number of carbonyl (C=O) groups is 1. The Bertz CT molecular complexity index is 1580. The predicted molar refractivity (Wildman–Crippen MR) is 145 cm³/mol. The van der Waals surface area contributed by atoms with Crippen LogP contribution in [0.1, 0.15) is 19.8 Å². The lowest BCUT2D eigenvalue weighted by Gasteiger charge is -2.33. The van der Waals surface area contributed by atoms with Crippen molar-refractivity contribution in [3.63, 3.8) is 0 Å². The summed E-state index contributed by atoms with van der Waals surface area (Å²) in [5.74, 6) is 0.983. The van der Waals surface area contributed by atoms with Crippen LogP contribution < -0.4 is 10.2 Å². The quantitative estimate of drug-likeness (QED) is 0.325. The number of pyridine rings is 3. The van der Waals surface area contributed by atoms with Crippen LogP contribution in [-0.2, 0) is 4.79 Å². The Morgan fingerprint density at radius 3 is 2.70 bits per heavy atom. The van der Waals surface area contributed by atoms with E-state index >= 15 is 0 Å². The van der Waals surface area contributed by atoms with Crippen LogP contribution in [0.5, 0.6) is 0 Å². The molecule has 5 aromatic rings. The second-order valence-corrected chi connectivity index (χ2v) is 9.52. The number of piperazine rings is 1. The number of aromatic amines is 2. The number of carbonyl (C=O) groups excluding carboxylic acids is 1. The Morgan fingerprint density at radius 1 is 1.03 bits per heavy atom. The average Bonchev–Trinajstić information content (AvgIpc) is 3.53. The van der Waals surface area contributed by atoms with Gasteiger partial charge in [-0.15, -0.1) is 0 Å². The highest BCUT2D eigenvalue weighted by Crippen LogP contribution is 2.33. The minimum absolute atomic E-state index is 0.0172. The zero-order valence-corrected chi connectivity index (χ0v) is 21.0. The van der Waals surface area contributed by atoms with Crippen molar-refractivity contribution in [2.75, 3.05) is 43.4 Å². The minimum Gasteiger partial charge on any atom is -0.353 e. The first kappa shape index (κ1) is 23.1. The highest BCUT2D eigenvalue weighted by molar-refractivity contribution is 5.99. The van der Waals surface area contributed by atoms with Crippen molar-refractivity contribution in [2.24, 2.45) is 0 Å². The van der Waals surface area contributed by atoms with E-state index < -0.39 is 0 Å². The third-order valence-electron chi connectivity index (χ3n) is 6.83. The molecule has 1 aliphatic heterocycles. The Labute approximate surface area is 214 Å². The fourth-order valence-corrected chi connectivity index (χ4v) is 4.82. The number of aromatic nitrogens is 6. The maximum absolute atomic E-state index is 12.0. The van der Waals surface area contributed by atoms with Crippen LogP contribution in [0.4, 0.5) is 11.5 Å². The molecule has 0 aromatic carbocycles. The number of likely N-dealkylation sites (N-methyl/N-ethyl adjacent to an activating group) is 1. The van der Waals surface area contributed by atoms with Crippen LogP contribution in [0, 0.1) is 0 Å². The lowest BCUT2D eigenvalue weighted by Crippen LogP contribution is -2.44. The summed E-state index contributed by atoms with van der Waals surface area (Å²) >= 11 is 0. The van der Waals surface area contributed by atoms with E-state index in [9.17, 15) is 4.79 Å². The number of rotatable bonds is 6. The number of hydrogen-bond donors (Lipinski definition) is 3. The molecule has 0 unspecified atom stereocenters. The standard InChI is InChI=1S/C27H29N9O/c1-3-4-24(37)31-19-11-17(14-28-16-19)18-12-21-25(33-34-26(21)30-15-18)23-13-20-22(32-23)5-6-29-27(20)36-9-7-35(2)8-10-36/h5-6,11-16,32H,3-4,7-10H2,1-2H3,(H,31,37)(H,30,33,34). The molecular formula is C27H29N9O. The number of hydrogen-bond acceptors (Lipinski definition) is 7. The monoisotopic (exact) mass is 495 g/mol. The van der Waals surface area contributed by atoms with E-state index in [-0.39, 0.29) is 5.91 Å². The number of nitrogens with one attached hydrogen (secondary N) is 3. The maximum atomic E-state index is 12.0. The zero-order chi connectivity index (χ0) is 25.4. The molecule has 6 heterocycles. The topological polar surface area (TPSA) is 119 Å². The largest absolute Gasteiger partial charge is 0.353 e. The maximum Gasteiger partial charge on any atom is 0.224 e. The van der Waals surface area contributed by atoms with Gasteiger partial charge in [0.25, 0.3) is 0 Å². The SMILES string of the molecule is CCCC(=O)Nc1cncc(-c2cnc3[nH]nc(-c4cc5c(N6CCN(C)CC6)nccc5[nH]4)c3c2)c1. The second kappa shape index (κ2) is 9.62. The van der Waals surface area contributed by atoms with E-state index in [0.717, 1.165) is 77.2 Å². The molecule has 1 saturated heterocycles. The first-order valence-electron chi connectivity index (χ1n) is 12.6. The van der Waals surface area contributed by atoms with Gasteiger partial charge in [-0.3, -0.25) is 14.9 Å². The molecule has 6 rings (SSSR count). The summed E-state index contributed by atoms with van der Waals surface area (Å²) in [5.41, 5.74) is 5.86. The molecule has 1 fully saturated rings. The van der Waals surface area contributed by atoms with Gasteiger partial charge in [-0.25, -0.2) is 9.97 Å². The summed E-state index contributed by atoms with van der Waals surface area (Å²) in [6, 6.07) is 8.10. The van der Waals surface area contributed by atoms with Gasteiger partial charge in [0, 0.05) is 73.1 Å². The molecule has 5 aromatic heterocycles. The van der Waals surface area contributed by atoms with E-state index in [0.29, 0.717) is 17.8 Å². The summed E-state index contributed by atoms with van der Waals surface area (Å²) in [4.78, 5) is 33.9. The van der Waals surface area contributed by atoms with Gasteiger partial charge in [0.15, 0.2) is 5.65 Å². The average molecular weight is 496 g/mol. The predicted octanol–water partition coefficient (Wildman–Crippen LogP) is 4.05. The Hall–Kier alpha value is -4.31. The third-order valence-corrected chi connectivity index (χ3v) is 6.83. The van der Waals surface area contributed by atoms with Crippen molar-refractivity contribution in [2.45, 2.75) is 19.8 Å². The van der Waals surface area contributed by atoms with E-state index in [4.69, 9.17) is 4.98 Å². The molecule has 10 heteroatoms. The molecule has 1 aliphatic rings. The molecule has 10 nitrogen and oxygen atoms in total. The van der Waals surface area contributed by atoms with Crippen LogP contribution in [0.3, 0.4) is 0 Å². The van der Waals surface area contributed by atoms with E-state index in [1.807, 2.05) is 25.3 Å². The molecule has 1 amide bonds. The Morgan fingerprint density at radius 2 is 1.86 bits per heavy atom. The fraction of sp³-hybridized carbons (Fsp3) is 0.296. The first-order valence-corrected chi connectivity index (χ1v) is 12.6. The summed E-state index contributed by atoms with van der Waals surface area (Å²) < 4.78 is 0. The van der Waals surface area contributed by atoms with Crippen LogP contribution >= 0.6 is 0 Å². The molecule has 37 heavy (non-hydrogen) atoms. The zero-order valence-electron chi connectivity index (χ0n) is 21.0. The number of H-pyrrole nitrogens is 2. The molecule has 0 radical (unpaired) electrons. The van der Waals surface area contributed by atoms with Gasteiger partial charge in [-0.2, -0.15) is 5.10 Å². The lowest BCUT2D eigenvalue weighted by molar-refractivity contribution is -0.116. The highest BCUT2D eigenvalue weighted by Gasteiger charge is 2.20. The van der Waals surface area contributed by atoms with Crippen molar-refractivity contribution in [1.82, 2.24) is 35.0 Å². The third kappa shape index (κ3) is 4.51. The smallest absolute Gasteiger partial charge is 0.224 e. The molecule has 0 bridgehead atoms. The molecule has 188 valence electrons. The van der Waals surface area contributed by atoms with Gasteiger partial charge in [0.05, 0.1) is 23.1 Å². The van der Waals surface area contributed by atoms with Gasteiger partial charge in [-0.1, -0.05) is 6.92 Å². The Kier molecular flexibility index (Phi) is 6.01. The van der Waals surface area contributed by atoms with Crippen molar-refractivity contribution in [1.29, 1.82) is 0 Å². The molecule has 0 saturated carbocycles. The second-order valence-electron chi connectivity index (χ2n) is 9.52. The van der Waals surface area contributed by atoms with Gasteiger partial charge in [-0.05, 0) is 37.7 Å². The van der Waals surface area contributed by atoms with Crippen LogP contribution in [0.15, 0.2) is 49.1 Å². The van der Waals surface area contributed by atoms with E-state index in [1.165, 1.54) is 0 Å².